The summed E-state index contributed by atoms with van der Waals surface area (Å²) >= 11 is 1.31. The Morgan fingerprint density at radius 1 is 1.15 bits per heavy atom. The van der Waals surface area contributed by atoms with Gasteiger partial charge in [-0.25, -0.2) is 14.8 Å². The van der Waals surface area contributed by atoms with Crippen LogP contribution in [0.25, 0.3) is 6.08 Å². The van der Waals surface area contributed by atoms with E-state index in [-0.39, 0.29) is 17.5 Å². The molecule has 2 aromatic carbocycles. The number of carbonyl (C=O) groups is 2. The number of thiazole rings is 1. The summed E-state index contributed by atoms with van der Waals surface area (Å²) in [5, 5.41) is 2.28. The Morgan fingerprint density at radius 3 is 2.61 bits per heavy atom. The lowest BCUT2D eigenvalue weighted by Gasteiger charge is -2.17. The van der Waals surface area contributed by atoms with Crippen LogP contribution in [0.1, 0.15) is 37.9 Å². The van der Waals surface area contributed by atoms with Crippen LogP contribution in [-0.4, -0.2) is 29.4 Å². The predicted molar refractivity (Wildman–Crippen MR) is 129 cm³/mol. The topological polar surface area (TPSA) is 81.1 Å². The SMILES string of the molecule is CCCCOc1ccc(C2=N/C(=C/c3csc(N(C(C)=O)c4ccccc4)n3)C(=O)O2)cc1. The molecule has 0 saturated heterocycles. The molecule has 3 aromatic rings. The van der Waals surface area contributed by atoms with Crippen LogP contribution in [0.5, 0.6) is 5.75 Å². The van der Waals surface area contributed by atoms with Gasteiger partial charge in [-0.2, -0.15) is 0 Å². The van der Waals surface area contributed by atoms with Gasteiger partial charge in [-0.3, -0.25) is 9.69 Å². The highest BCUT2D eigenvalue weighted by atomic mass is 32.1. The molecular weight excluding hydrogens is 438 g/mol. The fourth-order valence-electron chi connectivity index (χ4n) is 3.15. The second-order valence-electron chi connectivity index (χ2n) is 7.31. The van der Waals surface area contributed by atoms with E-state index in [9.17, 15) is 9.59 Å². The summed E-state index contributed by atoms with van der Waals surface area (Å²) in [6, 6.07) is 16.5. The van der Waals surface area contributed by atoms with Crippen molar-refractivity contribution in [2.45, 2.75) is 26.7 Å². The molecule has 0 radical (unpaired) electrons. The van der Waals surface area contributed by atoms with Crippen molar-refractivity contribution in [3.8, 4) is 5.75 Å². The number of carbonyl (C=O) groups excluding carboxylic acids is 2. The zero-order valence-corrected chi connectivity index (χ0v) is 19.2. The first kappa shape index (κ1) is 22.4. The number of esters is 1. The van der Waals surface area contributed by atoms with Gasteiger partial charge in [0.25, 0.3) is 0 Å². The van der Waals surface area contributed by atoms with E-state index in [1.165, 1.54) is 23.2 Å². The normalized spacial score (nSPS) is 14.2. The Labute approximate surface area is 196 Å². The fourth-order valence-corrected chi connectivity index (χ4v) is 3.99. The Balaban J connectivity index is 1.52. The number of hydrogen-bond donors (Lipinski definition) is 0. The van der Waals surface area contributed by atoms with Crippen molar-refractivity contribution in [2.24, 2.45) is 4.99 Å². The molecule has 1 aliphatic heterocycles. The molecule has 0 atom stereocenters. The van der Waals surface area contributed by atoms with E-state index in [0.29, 0.717) is 23.0 Å². The predicted octanol–water partition coefficient (Wildman–Crippen LogP) is 5.35. The number of rotatable bonds is 8. The standard InChI is InChI=1S/C25H23N3O4S/c1-3-4-14-31-21-12-10-18(11-13-21)23-27-22(24(30)32-23)15-19-16-33-25(26-19)28(17(2)29)20-8-6-5-7-9-20/h5-13,15-16H,3-4,14H2,1-2H3/b22-15+. The number of nitrogens with zero attached hydrogens (tertiary/aromatic N) is 3. The lowest BCUT2D eigenvalue weighted by molar-refractivity contribution is -0.130. The van der Waals surface area contributed by atoms with E-state index in [0.717, 1.165) is 24.3 Å². The monoisotopic (exact) mass is 461 g/mol. The van der Waals surface area contributed by atoms with Crippen LogP contribution in [0.3, 0.4) is 0 Å². The highest BCUT2D eigenvalue weighted by Gasteiger charge is 2.25. The van der Waals surface area contributed by atoms with Crippen LogP contribution in [0.4, 0.5) is 10.8 Å². The molecular formula is C25H23N3O4S. The fraction of sp³-hybridized carbons (Fsp3) is 0.200. The van der Waals surface area contributed by atoms with Crippen molar-refractivity contribution in [3.63, 3.8) is 0 Å². The molecule has 8 heteroatoms. The molecule has 0 N–H and O–H groups in total. The lowest BCUT2D eigenvalue weighted by atomic mass is 10.2. The molecule has 2 heterocycles. The third kappa shape index (κ3) is 5.35. The lowest BCUT2D eigenvalue weighted by Crippen LogP contribution is -2.22. The van der Waals surface area contributed by atoms with E-state index in [4.69, 9.17) is 9.47 Å². The summed E-state index contributed by atoms with van der Waals surface area (Å²) < 4.78 is 11.0. The summed E-state index contributed by atoms with van der Waals surface area (Å²) in [5.74, 6) is 0.291. The van der Waals surface area contributed by atoms with Crippen molar-refractivity contribution in [1.82, 2.24) is 4.98 Å². The van der Waals surface area contributed by atoms with Gasteiger partial charge >= 0.3 is 5.97 Å². The van der Waals surface area contributed by atoms with Crippen LogP contribution in [-0.2, 0) is 14.3 Å². The summed E-state index contributed by atoms with van der Waals surface area (Å²) in [6.45, 7) is 4.26. The van der Waals surface area contributed by atoms with E-state index < -0.39 is 5.97 Å². The number of ether oxygens (including phenoxy) is 2. The van der Waals surface area contributed by atoms with Crippen molar-refractivity contribution < 1.29 is 19.1 Å². The molecule has 0 fully saturated rings. The number of aromatic nitrogens is 1. The van der Waals surface area contributed by atoms with E-state index in [1.54, 1.807) is 11.5 Å². The molecule has 0 unspecified atom stereocenters. The number of hydrogen-bond acceptors (Lipinski definition) is 7. The molecule has 7 nitrogen and oxygen atoms in total. The van der Waals surface area contributed by atoms with Gasteiger partial charge in [-0.15, -0.1) is 11.3 Å². The van der Waals surface area contributed by atoms with E-state index in [1.807, 2.05) is 54.6 Å². The minimum atomic E-state index is -0.547. The number of anilines is 2. The van der Waals surface area contributed by atoms with E-state index >= 15 is 0 Å². The maximum atomic E-state index is 12.4. The zero-order chi connectivity index (χ0) is 23.2. The summed E-state index contributed by atoms with van der Waals surface area (Å²) in [4.78, 5) is 34.9. The molecule has 1 aliphatic rings. The average Bonchev–Trinajstić information content (AvgIpc) is 3.42. The van der Waals surface area contributed by atoms with Gasteiger partial charge in [0.15, 0.2) is 10.8 Å². The molecule has 0 saturated carbocycles. The minimum absolute atomic E-state index is 0.152. The first-order valence-electron chi connectivity index (χ1n) is 10.6. The van der Waals surface area contributed by atoms with Gasteiger partial charge in [0.2, 0.25) is 11.8 Å². The number of para-hydroxylation sites is 1. The van der Waals surface area contributed by atoms with Crippen LogP contribution in [0.15, 0.2) is 70.7 Å². The van der Waals surface area contributed by atoms with Crippen LogP contribution in [0, 0.1) is 0 Å². The van der Waals surface area contributed by atoms with Crippen molar-refractivity contribution in [1.29, 1.82) is 0 Å². The van der Waals surface area contributed by atoms with Crippen LogP contribution >= 0.6 is 11.3 Å². The van der Waals surface area contributed by atoms with Gasteiger partial charge in [-0.1, -0.05) is 31.5 Å². The smallest absolute Gasteiger partial charge is 0.363 e. The molecule has 1 aromatic heterocycles. The van der Waals surface area contributed by atoms with Crippen molar-refractivity contribution in [3.05, 3.63) is 76.9 Å². The van der Waals surface area contributed by atoms with Crippen LogP contribution in [0.2, 0.25) is 0 Å². The maximum Gasteiger partial charge on any atom is 0.363 e. The summed E-state index contributed by atoms with van der Waals surface area (Å²) in [6.07, 6.45) is 3.62. The highest BCUT2D eigenvalue weighted by molar-refractivity contribution is 7.14. The van der Waals surface area contributed by atoms with Gasteiger partial charge < -0.3 is 9.47 Å². The number of amides is 1. The van der Waals surface area contributed by atoms with Gasteiger partial charge in [0, 0.05) is 17.9 Å². The molecule has 168 valence electrons. The maximum absolute atomic E-state index is 12.4. The molecule has 1 amide bonds. The average molecular weight is 462 g/mol. The Bertz CT molecular complexity index is 1200. The van der Waals surface area contributed by atoms with Gasteiger partial charge in [0.05, 0.1) is 18.0 Å². The third-order valence-electron chi connectivity index (χ3n) is 4.80. The van der Waals surface area contributed by atoms with E-state index in [2.05, 4.69) is 16.9 Å². The van der Waals surface area contributed by atoms with Gasteiger partial charge in [0.1, 0.15) is 5.75 Å². The first-order chi connectivity index (χ1) is 16.0. The second kappa shape index (κ2) is 10.2. The quantitative estimate of drug-likeness (QED) is 0.257. The second-order valence-corrected chi connectivity index (χ2v) is 8.14. The third-order valence-corrected chi connectivity index (χ3v) is 5.65. The number of unbranched alkanes of at least 4 members (excludes halogenated alkanes) is 1. The molecule has 0 bridgehead atoms. The highest BCUT2D eigenvalue weighted by Crippen LogP contribution is 2.30. The molecule has 33 heavy (non-hydrogen) atoms. The van der Waals surface area contributed by atoms with Crippen molar-refractivity contribution >= 4 is 46.0 Å². The summed E-state index contributed by atoms with van der Waals surface area (Å²) in [5.41, 5.74) is 2.08. The van der Waals surface area contributed by atoms with Crippen LogP contribution < -0.4 is 9.64 Å². The summed E-state index contributed by atoms with van der Waals surface area (Å²) in [7, 11) is 0. The zero-order valence-electron chi connectivity index (χ0n) is 18.4. The first-order valence-corrected chi connectivity index (χ1v) is 11.5. The van der Waals surface area contributed by atoms with Gasteiger partial charge in [-0.05, 0) is 48.9 Å². The molecule has 4 rings (SSSR count). The minimum Gasteiger partial charge on any atom is -0.494 e. The number of benzene rings is 2. The Morgan fingerprint density at radius 2 is 1.91 bits per heavy atom. The Kier molecular flexibility index (Phi) is 6.95. The Hall–Kier alpha value is -3.78. The number of cyclic esters (lactones) is 1. The molecule has 0 aliphatic carbocycles. The largest absolute Gasteiger partial charge is 0.494 e. The number of aliphatic imine (C=N–C) groups is 1. The van der Waals surface area contributed by atoms with Crippen molar-refractivity contribution in [2.75, 3.05) is 11.5 Å². The molecule has 0 spiro atoms.